The molecule has 1 aliphatic heterocycles. The predicted molar refractivity (Wildman–Crippen MR) is 28.1 cm³/mol. The van der Waals surface area contributed by atoms with Crippen molar-refractivity contribution < 1.29 is 9.72 Å². The van der Waals surface area contributed by atoms with Gasteiger partial charge in [-0.15, -0.1) is 0 Å². The Labute approximate surface area is 50.5 Å². The number of nitrogens with zero attached hydrogens (tertiary/aromatic N) is 1. The zero-order valence-electron chi connectivity index (χ0n) is 4.46. The summed E-state index contributed by atoms with van der Waals surface area (Å²) in [6.45, 7) is 0.319. The summed E-state index contributed by atoms with van der Waals surface area (Å²) in [5, 5.41) is 12.0. The number of rotatable bonds is 1. The molecule has 0 atom stereocenters. The summed E-state index contributed by atoms with van der Waals surface area (Å²) >= 11 is 0. The molecule has 0 aromatic carbocycles. The number of hydrogen-bond acceptors (Lipinski definition) is 3. The summed E-state index contributed by atoms with van der Waals surface area (Å²) in [6.07, 6.45) is 0.721. The van der Waals surface area contributed by atoms with Crippen LogP contribution in [0.2, 0.25) is 0 Å². The summed E-state index contributed by atoms with van der Waals surface area (Å²) in [7, 11) is 0. The van der Waals surface area contributed by atoms with Gasteiger partial charge in [0, 0.05) is 0 Å². The van der Waals surface area contributed by atoms with E-state index in [0.717, 1.165) is 6.20 Å². The van der Waals surface area contributed by atoms with Gasteiger partial charge in [0.25, 0.3) is 5.91 Å². The average Bonchev–Trinajstić information content (AvgIpc) is 1.79. The number of carbonyl (C=O) groups is 1. The van der Waals surface area contributed by atoms with Crippen molar-refractivity contribution in [3.63, 3.8) is 0 Å². The average molecular weight is 128 g/mol. The smallest absolute Gasteiger partial charge is 0.255 e. The lowest BCUT2D eigenvalue weighted by Crippen LogP contribution is -2.41. The summed E-state index contributed by atoms with van der Waals surface area (Å²) < 4.78 is 0. The molecule has 0 spiro atoms. The number of carbonyl (C=O) groups excluding carboxylic acids is 1. The predicted octanol–water partition coefficient (Wildman–Crippen LogP) is -0.723. The zero-order chi connectivity index (χ0) is 6.85. The molecule has 1 N–H and O–H groups in total. The molecule has 1 rings (SSSR count). The largest absolute Gasteiger partial charge is 0.348 e. The standard InChI is InChI=1S/C4H4N2O3/c7-4-3(1-5-4)2-6(8)9/h2H,1H2,(H,5,7). The number of β-lactam (4-membered cyclic amide) rings is 1. The Balaban J connectivity index is 2.62. The fourth-order valence-electron chi connectivity index (χ4n) is 0.494. The third-order valence-electron chi connectivity index (χ3n) is 0.992. The maximum Gasteiger partial charge on any atom is 0.255 e. The van der Waals surface area contributed by atoms with Crippen LogP contribution in [0, 0.1) is 10.1 Å². The van der Waals surface area contributed by atoms with Crippen molar-refractivity contribution in [1.82, 2.24) is 5.32 Å². The maximum absolute atomic E-state index is 10.3. The van der Waals surface area contributed by atoms with Crippen LogP contribution in [0.3, 0.4) is 0 Å². The first-order valence-corrected chi connectivity index (χ1v) is 2.32. The van der Waals surface area contributed by atoms with E-state index in [1.54, 1.807) is 0 Å². The van der Waals surface area contributed by atoms with Gasteiger partial charge in [-0.3, -0.25) is 14.9 Å². The van der Waals surface area contributed by atoms with Crippen molar-refractivity contribution in [3.05, 3.63) is 21.9 Å². The zero-order valence-corrected chi connectivity index (χ0v) is 4.46. The van der Waals surface area contributed by atoms with Gasteiger partial charge in [-0.1, -0.05) is 0 Å². The summed E-state index contributed by atoms with van der Waals surface area (Å²) in [4.78, 5) is 19.3. The van der Waals surface area contributed by atoms with Gasteiger partial charge in [-0.2, -0.15) is 0 Å². The SMILES string of the molecule is O=C1NCC1=C[N+](=O)[O-]. The molecule has 1 amide bonds. The van der Waals surface area contributed by atoms with Crippen molar-refractivity contribution >= 4 is 5.91 Å². The van der Waals surface area contributed by atoms with Crippen molar-refractivity contribution in [3.8, 4) is 0 Å². The van der Waals surface area contributed by atoms with Gasteiger partial charge in [-0.25, -0.2) is 0 Å². The first kappa shape index (κ1) is 5.74. The number of amides is 1. The summed E-state index contributed by atoms with van der Waals surface area (Å²) in [5.74, 6) is -0.341. The van der Waals surface area contributed by atoms with Crippen LogP contribution in [-0.2, 0) is 4.79 Å². The molecule has 0 bridgehead atoms. The third-order valence-corrected chi connectivity index (χ3v) is 0.992. The highest BCUT2D eigenvalue weighted by Gasteiger charge is 2.22. The highest BCUT2D eigenvalue weighted by molar-refractivity contribution is 5.99. The van der Waals surface area contributed by atoms with Gasteiger partial charge in [0.15, 0.2) is 0 Å². The summed E-state index contributed by atoms with van der Waals surface area (Å²) in [5.41, 5.74) is 0.236. The van der Waals surface area contributed by atoms with E-state index in [2.05, 4.69) is 5.32 Å². The summed E-state index contributed by atoms with van der Waals surface area (Å²) in [6, 6.07) is 0. The molecule has 0 aromatic heterocycles. The molecule has 1 aliphatic rings. The molecule has 1 saturated heterocycles. The van der Waals surface area contributed by atoms with E-state index in [1.807, 2.05) is 0 Å². The van der Waals surface area contributed by atoms with Crippen LogP contribution in [0.15, 0.2) is 11.8 Å². The van der Waals surface area contributed by atoms with E-state index in [-0.39, 0.29) is 11.5 Å². The highest BCUT2D eigenvalue weighted by atomic mass is 16.6. The minimum absolute atomic E-state index is 0.236. The van der Waals surface area contributed by atoms with Gasteiger partial charge >= 0.3 is 0 Å². The Morgan fingerprint density at radius 1 is 1.78 bits per heavy atom. The van der Waals surface area contributed by atoms with Crippen LogP contribution in [0.25, 0.3) is 0 Å². The fourth-order valence-corrected chi connectivity index (χ4v) is 0.494. The Morgan fingerprint density at radius 3 is 2.56 bits per heavy atom. The van der Waals surface area contributed by atoms with Crippen LogP contribution in [0.5, 0.6) is 0 Å². The normalized spacial score (nSPS) is 20.9. The Bertz CT molecular complexity index is 196. The second-order valence-electron chi connectivity index (χ2n) is 1.62. The minimum Gasteiger partial charge on any atom is -0.348 e. The Hall–Kier alpha value is -1.39. The van der Waals surface area contributed by atoms with E-state index in [0.29, 0.717) is 6.54 Å². The molecule has 5 nitrogen and oxygen atoms in total. The second-order valence-corrected chi connectivity index (χ2v) is 1.62. The van der Waals surface area contributed by atoms with Crippen LogP contribution in [0.1, 0.15) is 0 Å². The first-order valence-electron chi connectivity index (χ1n) is 2.32. The van der Waals surface area contributed by atoms with Crippen molar-refractivity contribution in [2.24, 2.45) is 0 Å². The van der Waals surface area contributed by atoms with E-state index in [4.69, 9.17) is 0 Å². The van der Waals surface area contributed by atoms with Gasteiger partial charge in [0.2, 0.25) is 6.20 Å². The third kappa shape index (κ3) is 1.04. The molecule has 5 heteroatoms. The number of hydrogen-bond donors (Lipinski definition) is 1. The molecule has 0 radical (unpaired) electrons. The topological polar surface area (TPSA) is 72.2 Å². The molecule has 0 unspecified atom stereocenters. The van der Waals surface area contributed by atoms with Gasteiger partial charge in [0.05, 0.1) is 11.5 Å². The van der Waals surface area contributed by atoms with E-state index in [1.165, 1.54) is 0 Å². The lowest BCUT2D eigenvalue weighted by atomic mass is 10.2. The quantitative estimate of drug-likeness (QED) is 0.219. The molecule has 0 saturated carbocycles. The molecule has 1 fully saturated rings. The van der Waals surface area contributed by atoms with E-state index >= 15 is 0 Å². The monoisotopic (exact) mass is 128 g/mol. The number of nitro groups is 1. The number of nitrogens with one attached hydrogen (secondary N) is 1. The Morgan fingerprint density at radius 2 is 2.44 bits per heavy atom. The Kier molecular flexibility index (Phi) is 1.18. The molecular formula is C4H4N2O3. The van der Waals surface area contributed by atoms with Crippen molar-refractivity contribution in [1.29, 1.82) is 0 Å². The van der Waals surface area contributed by atoms with E-state index in [9.17, 15) is 14.9 Å². The highest BCUT2D eigenvalue weighted by Crippen LogP contribution is 2.01. The van der Waals surface area contributed by atoms with Gasteiger partial charge in [0.1, 0.15) is 5.57 Å². The maximum atomic E-state index is 10.3. The lowest BCUT2D eigenvalue weighted by Gasteiger charge is -2.13. The molecular weight excluding hydrogens is 124 g/mol. The van der Waals surface area contributed by atoms with Crippen LogP contribution in [0.4, 0.5) is 0 Å². The fraction of sp³-hybridized carbons (Fsp3) is 0.250. The molecule has 9 heavy (non-hydrogen) atoms. The van der Waals surface area contributed by atoms with Crippen molar-refractivity contribution in [2.45, 2.75) is 0 Å². The van der Waals surface area contributed by atoms with Gasteiger partial charge in [-0.05, 0) is 0 Å². The lowest BCUT2D eigenvalue weighted by molar-refractivity contribution is -0.403. The molecule has 1 heterocycles. The molecule has 0 aliphatic carbocycles. The second kappa shape index (κ2) is 1.85. The van der Waals surface area contributed by atoms with Crippen LogP contribution >= 0.6 is 0 Å². The van der Waals surface area contributed by atoms with Crippen molar-refractivity contribution in [2.75, 3.05) is 6.54 Å². The van der Waals surface area contributed by atoms with Crippen LogP contribution < -0.4 is 5.32 Å². The molecule has 0 aromatic rings. The molecule has 48 valence electrons. The van der Waals surface area contributed by atoms with Crippen LogP contribution in [-0.4, -0.2) is 17.4 Å². The van der Waals surface area contributed by atoms with Gasteiger partial charge < -0.3 is 5.32 Å². The first-order chi connectivity index (χ1) is 4.20. The minimum atomic E-state index is -0.631. The van der Waals surface area contributed by atoms with E-state index < -0.39 is 4.92 Å².